The molecule has 0 aliphatic heterocycles. The van der Waals surface area contributed by atoms with Crippen LogP contribution < -0.4 is 9.80 Å². The van der Waals surface area contributed by atoms with E-state index >= 15 is 0 Å². The van der Waals surface area contributed by atoms with E-state index in [2.05, 4.69) is 169 Å². The van der Waals surface area contributed by atoms with E-state index in [-0.39, 0.29) is 6.04 Å². The minimum absolute atomic E-state index is 0.0275. The zero-order valence-corrected chi connectivity index (χ0v) is 27.1. The first kappa shape index (κ1) is 28.3. The van der Waals surface area contributed by atoms with E-state index < -0.39 is 0 Å². The van der Waals surface area contributed by atoms with Gasteiger partial charge in [-0.15, -0.1) is 0 Å². The molecule has 3 heteroatoms. The Balaban J connectivity index is 1.30. The van der Waals surface area contributed by atoms with Crippen molar-refractivity contribution in [2.45, 2.75) is 26.3 Å². The van der Waals surface area contributed by atoms with E-state index in [1.165, 1.54) is 60.6 Å². The van der Waals surface area contributed by atoms with Crippen molar-refractivity contribution in [2.24, 2.45) is 0 Å². The van der Waals surface area contributed by atoms with Crippen molar-refractivity contribution >= 4 is 61.3 Å². The average Bonchev–Trinajstić information content (AvgIpc) is 3.14. The maximum Gasteiger partial charge on any atom is 0.133 e. The van der Waals surface area contributed by atoms with Gasteiger partial charge >= 0.3 is 0 Å². The molecule has 2 aliphatic rings. The largest absolute Gasteiger partial charge is 0.315 e. The standard InChI is InChI=1S/C45H35N3/c1-30-28-41(47(33-16-5-3-6-17-33)34-18-7-4-8-19-34)38-25-23-36-31(2)29-42(39-26-24-35(30)44(38)45(36)39)48(43-22-11-12-27-46-43)40-21-13-15-32-14-9-10-20-37(32)40/h3-23,25-29,42H,24H2,1-2H3. The number of fused-ring (bicyclic) bond motifs is 1. The molecule has 0 spiro atoms. The lowest BCUT2D eigenvalue weighted by atomic mass is 9.75. The Morgan fingerprint density at radius 3 is 2.10 bits per heavy atom. The Hall–Kier alpha value is -5.93. The smallest absolute Gasteiger partial charge is 0.133 e. The number of aromatic nitrogens is 1. The maximum atomic E-state index is 4.95. The van der Waals surface area contributed by atoms with Crippen molar-refractivity contribution in [3.8, 4) is 0 Å². The molecule has 0 radical (unpaired) electrons. The molecule has 0 amide bonds. The first-order chi connectivity index (χ1) is 23.7. The number of allylic oxidation sites excluding steroid dienone is 2. The van der Waals surface area contributed by atoms with Crippen molar-refractivity contribution in [2.75, 3.05) is 9.80 Å². The van der Waals surface area contributed by atoms with Crippen molar-refractivity contribution in [1.82, 2.24) is 4.98 Å². The van der Waals surface area contributed by atoms with Crippen LogP contribution in [0.1, 0.15) is 29.2 Å². The van der Waals surface area contributed by atoms with Gasteiger partial charge in [0.15, 0.2) is 0 Å². The number of anilines is 5. The van der Waals surface area contributed by atoms with Crippen LogP contribution in [0.4, 0.5) is 28.6 Å². The average molecular weight is 618 g/mol. The van der Waals surface area contributed by atoms with Crippen molar-refractivity contribution in [3.63, 3.8) is 0 Å². The summed E-state index contributed by atoms with van der Waals surface area (Å²) in [5, 5.41) is 5.08. The lowest BCUT2D eigenvalue weighted by Crippen LogP contribution is -2.34. The topological polar surface area (TPSA) is 19.4 Å². The summed E-state index contributed by atoms with van der Waals surface area (Å²) in [6.07, 6.45) is 7.72. The molecule has 6 aromatic carbocycles. The number of benzene rings is 6. The Labute approximate surface area is 281 Å². The van der Waals surface area contributed by atoms with Crippen LogP contribution in [-0.4, -0.2) is 11.0 Å². The van der Waals surface area contributed by atoms with E-state index in [1.807, 2.05) is 12.3 Å². The molecule has 0 saturated carbocycles. The molecule has 9 rings (SSSR count). The molecule has 48 heavy (non-hydrogen) atoms. The van der Waals surface area contributed by atoms with E-state index in [0.717, 1.165) is 29.3 Å². The lowest BCUT2D eigenvalue weighted by Gasteiger charge is -2.39. The van der Waals surface area contributed by atoms with Gasteiger partial charge in [-0.1, -0.05) is 103 Å². The normalized spacial score (nSPS) is 14.8. The lowest BCUT2D eigenvalue weighted by molar-refractivity contribution is 0.925. The summed E-state index contributed by atoms with van der Waals surface area (Å²) in [5.74, 6) is 0.939. The number of hydrogen-bond acceptors (Lipinski definition) is 3. The van der Waals surface area contributed by atoms with Gasteiger partial charge in [-0.2, -0.15) is 0 Å². The molecule has 1 unspecified atom stereocenters. The number of aryl methyl sites for hydroxylation is 1. The third kappa shape index (κ3) is 4.46. The second-order valence-electron chi connectivity index (χ2n) is 12.8. The number of hydrogen-bond donors (Lipinski definition) is 0. The molecule has 0 N–H and O–H groups in total. The zero-order chi connectivity index (χ0) is 32.2. The van der Waals surface area contributed by atoms with Crippen LogP contribution >= 0.6 is 0 Å². The van der Waals surface area contributed by atoms with Crippen LogP contribution in [-0.2, 0) is 6.42 Å². The fraction of sp³-hybridized carbons (Fsp3) is 0.0889. The highest BCUT2D eigenvalue weighted by molar-refractivity contribution is 6.12. The molecule has 1 heterocycles. The Kier molecular flexibility index (Phi) is 6.72. The highest BCUT2D eigenvalue weighted by atomic mass is 15.2. The molecule has 0 saturated heterocycles. The van der Waals surface area contributed by atoms with E-state index in [1.54, 1.807) is 0 Å². The third-order valence-electron chi connectivity index (χ3n) is 10.0. The SMILES string of the molecule is CC1=CC(N(c2ccccn2)c2cccc3ccccc23)C2=CCc3c(C)cc(N(c4ccccc4)c4ccccc4)c4ccc1c2c34. The first-order valence-corrected chi connectivity index (χ1v) is 16.7. The van der Waals surface area contributed by atoms with Crippen molar-refractivity contribution < 1.29 is 0 Å². The maximum absolute atomic E-state index is 4.95. The molecule has 2 aliphatic carbocycles. The molecule has 1 atom stereocenters. The monoisotopic (exact) mass is 617 g/mol. The van der Waals surface area contributed by atoms with Crippen LogP contribution in [0.3, 0.4) is 0 Å². The molecular formula is C45H35N3. The van der Waals surface area contributed by atoms with Crippen LogP contribution in [0.25, 0.3) is 32.7 Å². The van der Waals surface area contributed by atoms with E-state index in [4.69, 9.17) is 4.98 Å². The molecule has 230 valence electrons. The molecule has 1 aromatic heterocycles. The molecule has 7 aromatic rings. The zero-order valence-electron chi connectivity index (χ0n) is 27.1. The highest BCUT2D eigenvalue weighted by Gasteiger charge is 2.34. The van der Waals surface area contributed by atoms with Gasteiger partial charge in [0.05, 0.1) is 17.4 Å². The van der Waals surface area contributed by atoms with Gasteiger partial charge in [0.25, 0.3) is 0 Å². The quantitative estimate of drug-likeness (QED) is 0.185. The summed E-state index contributed by atoms with van der Waals surface area (Å²) < 4.78 is 0. The first-order valence-electron chi connectivity index (χ1n) is 16.7. The van der Waals surface area contributed by atoms with Gasteiger partial charge in [0.2, 0.25) is 0 Å². The Bertz CT molecular complexity index is 2350. The summed E-state index contributed by atoms with van der Waals surface area (Å²) in [4.78, 5) is 9.80. The summed E-state index contributed by atoms with van der Waals surface area (Å²) in [5.41, 5.74) is 12.7. The van der Waals surface area contributed by atoms with Crippen LogP contribution in [0, 0.1) is 6.92 Å². The fourth-order valence-corrected chi connectivity index (χ4v) is 7.90. The van der Waals surface area contributed by atoms with Gasteiger partial charge in [-0.3, -0.25) is 0 Å². The molecular weight excluding hydrogens is 583 g/mol. The van der Waals surface area contributed by atoms with Crippen molar-refractivity contribution in [3.05, 3.63) is 180 Å². The second-order valence-corrected chi connectivity index (χ2v) is 12.8. The molecule has 3 nitrogen and oxygen atoms in total. The van der Waals surface area contributed by atoms with Crippen LogP contribution in [0.5, 0.6) is 0 Å². The van der Waals surface area contributed by atoms with Crippen LogP contribution in [0.2, 0.25) is 0 Å². The summed E-state index contributed by atoms with van der Waals surface area (Å²) in [6, 6.07) is 50.1. The van der Waals surface area contributed by atoms with Gasteiger partial charge < -0.3 is 9.80 Å². The van der Waals surface area contributed by atoms with Gasteiger partial charge in [-0.05, 0) is 113 Å². The summed E-state index contributed by atoms with van der Waals surface area (Å²) >= 11 is 0. The Morgan fingerprint density at radius 1 is 0.646 bits per heavy atom. The van der Waals surface area contributed by atoms with Gasteiger partial charge in [0, 0.05) is 28.3 Å². The minimum atomic E-state index is -0.0275. The Morgan fingerprint density at radius 2 is 1.35 bits per heavy atom. The number of nitrogens with zero attached hydrogens (tertiary/aromatic N) is 3. The minimum Gasteiger partial charge on any atom is -0.315 e. The summed E-state index contributed by atoms with van der Waals surface area (Å²) in [6.45, 7) is 4.55. The highest BCUT2D eigenvalue weighted by Crippen LogP contribution is 2.50. The number of para-hydroxylation sites is 2. The van der Waals surface area contributed by atoms with E-state index in [0.29, 0.717) is 0 Å². The number of pyridine rings is 1. The van der Waals surface area contributed by atoms with Gasteiger partial charge in [0.1, 0.15) is 5.82 Å². The predicted molar refractivity (Wildman–Crippen MR) is 203 cm³/mol. The third-order valence-corrected chi connectivity index (χ3v) is 10.0. The van der Waals surface area contributed by atoms with Crippen LogP contribution in [0.15, 0.2) is 158 Å². The number of rotatable bonds is 6. The molecule has 0 fully saturated rings. The van der Waals surface area contributed by atoms with E-state index in [9.17, 15) is 0 Å². The van der Waals surface area contributed by atoms with Gasteiger partial charge in [-0.25, -0.2) is 4.98 Å². The predicted octanol–water partition coefficient (Wildman–Crippen LogP) is 11.7. The van der Waals surface area contributed by atoms with Crippen molar-refractivity contribution in [1.29, 1.82) is 0 Å². The summed E-state index contributed by atoms with van der Waals surface area (Å²) in [7, 11) is 0. The molecule has 0 bridgehead atoms. The fourth-order valence-electron chi connectivity index (χ4n) is 7.90. The second kappa shape index (κ2) is 11.4.